The fourth-order valence-electron chi connectivity index (χ4n) is 2.22. The quantitative estimate of drug-likeness (QED) is 0.654. The van der Waals surface area contributed by atoms with E-state index in [1.54, 1.807) is 0 Å². The number of carboxylic acids is 2. The smallest absolute Gasteiger partial charge is 0.342 e. The fraction of sp³-hybridized carbons (Fsp3) is 0.0714. The van der Waals surface area contributed by atoms with E-state index >= 15 is 0 Å². The highest BCUT2D eigenvalue weighted by molar-refractivity contribution is 6.35. The van der Waals surface area contributed by atoms with E-state index in [-0.39, 0.29) is 5.75 Å². The number of carboxylic acid groups (broad SMARTS) is 2. The van der Waals surface area contributed by atoms with Crippen molar-refractivity contribution in [3.8, 4) is 16.9 Å². The number of nitrogen functional groups attached to an aromatic ring is 1. The summed E-state index contributed by atoms with van der Waals surface area (Å²) in [6.07, 6.45) is 0. The van der Waals surface area contributed by atoms with Crippen LogP contribution in [0.3, 0.4) is 0 Å². The van der Waals surface area contributed by atoms with E-state index in [1.165, 1.54) is 13.2 Å². The number of aromatic carboxylic acids is 2. The molecule has 0 radical (unpaired) electrons. The van der Waals surface area contributed by atoms with E-state index in [9.17, 15) is 29.0 Å². The van der Waals surface area contributed by atoms with Gasteiger partial charge in [-0.1, -0.05) is 11.6 Å². The van der Waals surface area contributed by atoms with Crippen molar-refractivity contribution in [3.05, 3.63) is 44.5 Å². The van der Waals surface area contributed by atoms with E-state index < -0.39 is 56.4 Å². The number of ether oxygens (including phenoxy) is 1. The Labute approximate surface area is 138 Å². The molecule has 2 aromatic rings. The molecule has 1 heterocycles. The summed E-state index contributed by atoms with van der Waals surface area (Å²) in [5, 5.41) is 18.2. The lowest BCUT2D eigenvalue weighted by Crippen LogP contribution is -2.24. The highest BCUT2D eigenvalue weighted by Gasteiger charge is 2.30. The summed E-state index contributed by atoms with van der Waals surface area (Å²) in [4.78, 5) is 36.7. The molecule has 0 bridgehead atoms. The van der Waals surface area contributed by atoms with Crippen molar-refractivity contribution in [2.45, 2.75) is 0 Å². The van der Waals surface area contributed by atoms with Crippen LogP contribution in [0.2, 0.25) is 5.02 Å². The van der Waals surface area contributed by atoms with E-state index in [2.05, 4.69) is 0 Å². The number of nitrogens with one attached hydrogen (secondary N) is 1. The zero-order chi connectivity index (χ0) is 18.2. The van der Waals surface area contributed by atoms with Crippen LogP contribution in [0.25, 0.3) is 11.1 Å². The molecule has 0 saturated carbocycles. The lowest BCUT2D eigenvalue weighted by atomic mass is 9.94. The van der Waals surface area contributed by atoms with Gasteiger partial charge < -0.3 is 25.7 Å². The Morgan fingerprint density at radius 2 is 1.79 bits per heavy atom. The Kier molecular flexibility index (Phi) is 4.47. The molecule has 0 atom stereocenters. The van der Waals surface area contributed by atoms with Gasteiger partial charge in [0.15, 0.2) is 0 Å². The molecule has 0 saturated heterocycles. The lowest BCUT2D eigenvalue weighted by molar-refractivity contribution is 0.0695. The van der Waals surface area contributed by atoms with Gasteiger partial charge in [-0.15, -0.1) is 0 Å². The minimum atomic E-state index is -1.77. The van der Waals surface area contributed by atoms with E-state index in [0.29, 0.717) is 0 Å². The standard InChI is InChI=1S/C14H10ClFN2O6/c1-24-5-3-2-4(16)6(10(5)15)7-8(13(20)21)11(17)18-12(19)9(7)14(22)23/h2-3H,1H3,(H,20,21)(H,22,23)(H3,17,18,19). The Hall–Kier alpha value is -3.07. The number of carbonyl (C=O) groups is 2. The molecule has 5 N–H and O–H groups in total. The van der Waals surface area contributed by atoms with Crippen LogP contribution in [0.5, 0.6) is 5.75 Å². The molecule has 0 amide bonds. The van der Waals surface area contributed by atoms with Gasteiger partial charge in [-0.3, -0.25) is 4.79 Å². The molecule has 0 aliphatic rings. The van der Waals surface area contributed by atoms with E-state index in [0.717, 1.165) is 6.07 Å². The van der Waals surface area contributed by atoms with Crippen LogP contribution in [-0.2, 0) is 0 Å². The largest absolute Gasteiger partial charge is 0.495 e. The molecule has 0 aliphatic carbocycles. The fourth-order valence-corrected chi connectivity index (χ4v) is 2.54. The van der Waals surface area contributed by atoms with Crippen molar-refractivity contribution in [2.24, 2.45) is 0 Å². The Bertz CT molecular complexity index is 924. The zero-order valence-electron chi connectivity index (χ0n) is 12.0. The van der Waals surface area contributed by atoms with Gasteiger partial charge >= 0.3 is 11.9 Å². The highest BCUT2D eigenvalue weighted by Crippen LogP contribution is 2.40. The third-order valence-electron chi connectivity index (χ3n) is 3.20. The van der Waals surface area contributed by atoms with Gasteiger partial charge in [0.25, 0.3) is 5.56 Å². The second-order valence-corrected chi connectivity index (χ2v) is 4.92. The average molecular weight is 357 g/mol. The molecular weight excluding hydrogens is 347 g/mol. The number of rotatable bonds is 4. The maximum atomic E-state index is 14.3. The van der Waals surface area contributed by atoms with Gasteiger partial charge in [-0.25, -0.2) is 14.0 Å². The summed E-state index contributed by atoms with van der Waals surface area (Å²) in [6.45, 7) is 0. The first kappa shape index (κ1) is 17.3. The van der Waals surface area contributed by atoms with Gasteiger partial charge in [-0.2, -0.15) is 0 Å². The van der Waals surface area contributed by atoms with Crippen LogP contribution in [0, 0.1) is 5.82 Å². The molecule has 10 heteroatoms. The minimum absolute atomic E-state index is 0.0420. The minimum Gasteiger partial charge on any atom is -0.495 e. The van der Waals surface area contributed by atoms with Crippen LogP contribution < -0.4 is 16.0 Å². The number of anilines is 1. The van der Waals surface area contributed by atoms with E-state index in [4.69, 9.17) is 22.1 Å². The Balaban J connectivity index is 3.12. The number of halogens is 2. The lowest BCUT2D eigenvalue weighted by Gasteiger charge is -2.15. The van der Waals surface area contributed by atoms with Crippen molar-refractivity contribution in [2.75, 3.05) is 12.8 Å². The van der Waals surface area contributed by atoms with E-state index in [1.807, 2.05) is 4.98 Å². The van der Waals surface area contributed by atoms with Crippen LogP contribution in [0.1, 0.15) is 20.7 Å². The van der Waals surface area contributed by atoms with Gasteiger partial charge in [0.1, 0.15) is 28.5 Å². The molecule has 0 fully saturated rings. The first-order chi connectivity index (χ1) is 11.2. The molecule has 1 aromatic heterocycles. The van der Waals surface area contributed by atoms with Crippen LogP contribution >= 0.6 is 11.6 Å². The third-order valence-corrected chi connectivity index (χ3v) is 3.57. The van der Waals surface area contributed by atoms with Gasteiger partial charge in [0.05, 0.1) is 12.1 Å². The second-order valence-electron chi connectivity index (χ2n) is 4.54. The topological polar surface area (TPSA) is 143 Å². The Morgan fingerprint density at radius 3 is 2.29 bits per heavy atom. The van der Waals surface area contributed by atoms with Crippen molar-refractivity contribution in [1.82, 2.24) is 4.98 Å². The second kappa shape index (κ2) is 6.20. The number of aromatic amines is 1. The van der Waals surface area contributed by atoms with Gasteiger partial charge in [-0.05, 0) is 12.1 Å². The number of hydrogen-bond donors (Lipinski definition) is 4. The first-order valence-electron chi connectivity index (χ1n) is 6.25. The number of methoxy groups -OCH3 is 1. The van der Waals surface area contributed by atoms with Crippen LogP contribution in [-0.4, -0.2) is 34.2 Å². The summed E-state index contributed by atoms with van der Waals surface area (Å²) < 4.78 is 19.2. The third kappa shape index (κ3) is 2.65. The summed E-state index contributed by atoms with van der Waals surface area (Å²) >= 11 is 6.00. The van der Waals surface area contributed by atoms with Crippen LogP contribution in [0.15, 0.2) is 16.9 Å². The highest BCUT2D eigenvalue weighted by atomic mass is 35.5. The maximum absolute atomic E-state index is 14.3. The van der Waals surface area contributed by atoms with Crippen LogP contribution in [0.4, 0.5) is 10.2 Å². The normalized spacial score (nSPS) is 10.5. The molecule has 8 nitrogen and oxygen atoms in total. The average Bonchev–Trinajstić information content (AvgIpc) is 2.46. The Morgan fingerprint density at radius 1 is 1.21 bits per heavy atom. The summed E-state index contributed by atoms with van der Waals surface area (Å²) in [6, 6.07) is 2.06. The maximum Gasteiger partial charge on any atom is 0.342 e. The van der Waals surface area contributed by atoms with Crippen molar-refractivity contribution < 1.29 is 28.9 Å². The number of pyridine rings is 1. The monoisotopic (exact) mass is 356 g/mol. The van der Waals surface area contributed by atoms with Crippen molar-refractivity contribution >= 4 is 29.4 Å². The predicted octanol–water partition coefficient (Wildman–Crippen LogP) is 1.82. The molecule has 0 spiro atoms. The van der Waals surface area contributed by atoms with Gasteiger partial charge in [0.2, 0.25) is 0 Å². The number of aromatic nitrogens is 1. The number of hydrogen-bond acceptors (Lipinski definition) is 5. The molecule has 24 heavy (non-hydrogen) atoms. The number of H-pyrrole nitrogens is 1. The SMILES string of the molecule is COc1ccc(F)c(-c2c(C(=O)O)c(N)[nH]c(=O)c2C(=O)O)c1Cl. The van der Waals surface area contributed by atoms with Gasteiger partial charge in [0, 0.05) is 11.1 Å². The number of benzene rings is 1. The predicted molar refractivity (Wildman–Crippen MR) is 82.3 cm³/mol. The first-order valence-corrected chi connectivity index (χ1v) is 6.63. The van der Waals surface area contributed by atoms with Crippen molar-refractivity contribution in [3.63, 3.8) is 0 Å². The zero-order valence-corrected chi connectivity index (χ0v) is 12.8. The summed E-state index contributed by atoms with van der Waals surface area (Å²) in [5.74, 6) is -5.16. The molecular formula is C14H10ClFN2O6. The molecule has 1 aromatic carbocycles. The summed E-state index contributed by atoms with van der Waals surface area (Å²) in [7, 11) is 1.23. The molecule has 2 rings (SSSR count). The molecule has 0 aliphatic heterocycles. The number of nitrogens with two attached hydrogens (primary N) is 1. The van der Waals surface area contributed by atoms with Crippen molar-refractivity contribution in [1.29, 1.82) is 0 Å². The molecule has 0 unspecified atom stereocenters. The molecule has 126 valence electrons. The summed E-state index contributed by atoms with van der Waals surface area (Å²) in [5.41, 5.74) is 1.14.